The van der Waals surface area contributed by atoms with Crippen molar-refractivity contribution in [3.63, 3.8) is 0 Å². The first-order valence-electron chi connectivity index (χ1n) is 10.7. The predicted octanol–water partition coefficient (Wildman–Crippen LogP) is 5.16. The minimum Gasteiger partial charge on any atom is -0.495 e. The van der Waals surface area contributed by atoms with Gasteiger partial charge in [-0.1, -0.05) is 42.5 Å². The van der Waals surface area contributed by atoms with E-state index in [1.54, 1.807) is 12.1 Å². The Bertz CT molecular complexity index is 1470. The van der Waals surface area contributed by atoms with Gasteiger partial charge in [0, 0.05) is 11.0 Å². The molecular weight excluding hydrogens is 428 g/mol. The highest BCUT2D eigenvalue weighted by Crippen LogP contribution is 2.35. The Hall–Kier alpha value is -4.63. The molecule has 5 rings (SSSR count). The molecule has 6 nitrogen and oxygen atoms in total. The van der Waals surface area contributed by atoms with Crippen molar-refractivity contribution in [1.29, 1.82) is 5.26 Å². The van der Waals surface area contributed by atoms with Crippen LogP contribution in [0.2, 0.25) is 0 Å². The van der Waals surface area contributed by atoms with Crippen molar-refractivity contribution in [2.75, 3.05) is 13.7 Å². The van der Waals surface area contributed by atoms with Gasteiger partial charge in [0.1, 0.15) is 30.8 Å². The van der Waals surface area contributed by atoms with Crippen molar-refractivity contribution in [3.05, 3.63) is 101 Å². The second-order valence-corrected chi connectivity index (χ2v) is 7.76. The average Bonchev–Trinajstić information content (AvgIpc) is 3.28. The first-order chi connectivity index (χ1) is 16.7. The molecule has 1 aliphatic heterocycles. The fourth-order valence-corrected chi connectivity index (χ4v) is 3.97. The summed E-state index contributed by atoms with van der Waals surface area (Å²) < 4.78 is 16.4. The molecule has 6 heteroatoms. The molecule has 0 radical (unpaired) electrons. The van der Waals surface area contributed by atoms with Gasteiger partial charge in [0.2, 0.25) is 0 Å². The molecule has 34 heavy (non-hydrogen) atoms. The topological polar surface area (TPSA) is 81.4 Å². The maximum absolute atomic E-state index is 12.5. The molecule has 0 saturated heterocycles. The minimum absolute atomic E-state index is 0.150. The lowest BCUT2D eigenvalue weighted by Gasteiger charge is -2.09. The Morgan fingerprint density at radius 3 is 2.59 bits per heavy atom. The number of hydrogen-bond acceptors (Lipinski definition) is 6. The number of carbonyl (C=O) groups is 1. The van der Waals surface area contributed by atoms with Crippen LogP contribution in [0.3, 0.4) is 0 Å². The third-order valence-electron chi connectivity index (χ3n) is 5.71. The minimum atomic E-state index is -0.390. The van der Waals surface area contributed by atoms with Crippen LogP contribution in [0.15, 0.2) is 78.9 Å². The van der Waals surface area contributed by atoms with E-state index in [4.69, 9.17) is 14.2 Å². The van der Waals surface area contributed by atoms with Gasteiger partial charge in [-0.05, 0) is 47.5 Å². The van der Waals surface area contributed by atoms with E-state index in [-0.39, 0.29) is 6.61 Å². The van der Waals surface area contributed by atoms with E-state index in [1.807, 2.05) is 66.7 Å². The fraction of sp³-hybridized carbons (Fsp3) is 0.107. The van der Waals surface area contributed by atoms with Crippen LogP contribution in [0, 0.1) is 11.3 Å². The van der Waals surface area contributed by atoms with Gasteiger partial charge >= 0.3 is 5.97 Å². The molecule has 1 aliphatic rings. The average molecular weight is 448 g/mol. The van der Waals surface area contributed by atoms with Crippen LogP contribution >= 0.6 is 0 Å². The standard InChI is InChI=1S/C28H20N2O4/c1-32-26-13-9-20(14-21(26)15-29)24-17-34-28(31)27(24)19-7-11-23(12-8-19)33-16-22-10-6-18-4-2-3-5-25(18)30-22/h2-14H,16-17H2,1H3. The lowest BCUT2D eigenvalue weighted by atomic mass is 9.95. The SMILES string of the molecule is COc1ccc(C2=C(c3ccc(OCc4ccc5ccccc5n4)cc3)C(=O)OC2)cc1C#N. The summed E-state index contributed by atoms with van der Waals surface area (Å²) in [7, 11) is 1.52. The number of benzene rings is 3. The largest absolute Gasteiger partial charge is 0.495 e. The zero-order valence-corrected chi connectivity index (χ0v) is 18.4. The van der Waals surface area contributed by atoms with Gasteiger partial charge in [-0.2, -0.15) is 5.26 Å². The Morgan fingerprint density at radius 2 is 1.79 bits per heavy atom. The maximum atomic E-state index is 12.5. The molecule has 2 heterocycles. The molecule has 0 spiro atoms. The number of para-hydroxylation sites is 1. The molecule has 0 fully saturated rings. The number of carbonyl (C=O) groups excluding carboxylic acids is 1. The molecule has 0 atom stereocenters. The number of fused-ring (bicyclic) bond motifs is 1. The second kappa shape index (κ2) is 9.08. The van der Waals surface area contributed by atoms with E-state index in [9.17, 15) is 10.1 Å². The number of rotatable bonds is 6. The summed E-state index contributed by atoms with van der Waals surface area (Å²) in [4.78, 5) is 17.2. The number of pyridine rings is 1. The monoisotopic (exact) mass is 448 g/mol. The Kier molecular flexibility index (Phi) is 5.67. The molecule has 4 aromatic rings. The molecule has 0 bridgehead atoms. The number of methoxy groups -OCH3 is 1. The van der Waals surface area contributed by atoms with Crippen molar-refractivity contribution in [2.24, 2.45) is 0 Å². The second-order valence-electron chi connectivity index (χ2n) is 7.76. The van der Waals surface area contributed by atoms with Crippen molar-refractivity contribution in [2.45, 2.75) is 6.61 Å². The summed E-state index contributed by atoms with van der Waals surface area (Å²) in [5.74, 6) is 0.767. The smallest absolute Gasteiger partial charge is 0.339 e. The molecule has 0 N–H and O–H groups in total. The summed E-state index contributed by atoms with van der Waals surface area (Å²) in [5.41, 5.74) is 4.85. The normalized spacial score (nSPS) is 13.0. The van der Waals surface area contributed by atoms with Crippen LogP contribution in [-0.4, -0.2) is 24.7 Å². The first kappa shape index (κ1) is 21.2. The van der Waals surface area contributed by atoms with Crippen LogP contribution < -0.4 is 9.47 Å². The van der Waals surface area contributed by atoms with Crippen molar-refractivity contribution < 1.29 is 19.0 Å². The van der Waals surface area contributed by atoms with Crippen LogP contribution in [0.1, 0.15) is 22.4 Å². The highest BCUT2D eigenvalue weighted by atomic mass is 16.5. The zero-order chi connectivity index (χ0) is 23.5. The molecule has 0 unspecified atom stereocenters. The fourth-order valence-electron chi connectivity index (χ4n) is 3.97. The third kappa shape index (κ3) is 4.07. The van der Waals surface area contributed by atoms with E-state index in [2.05, 4.69) is 11.1 Å². The summed E-state index contributed by atoms with van der Waals surface area (Å²) in [6.07, 6.45) is 0. The van der Waals surface area contributed by atoms with Crippen LogP contribution in [0.4, 0.5) is 0 Å². The first-order valence-corrected chi connectivity index (χ1v) is 10.7. The summed E-state index contributed by atoms with van der Waals surface area (Å²) in [6.45, 7) is 0.486. The van der Waals surface area contributed by atoms with Gasteiger partial charge in [-0.25, -0.2) is 9.78 Å². The highest BCUT2D eigenvalue weighted by Gasteiger charge is 2.27. The zero-order valence-electron chi connectivity index (χ0n) is 18.4. The Morgan fingerprint density at radius 1 is 1.00 bits per heavy atom. The van der Waals surface area contributed by atoms with Crippen molar-refractivity contribution >= 4 is 28.0 Å². The number of hydrogen-bond donors (Lipinski definition) is 0. The molecule has 1 aromatic heterocycles. The number of cyclic esters (lactones) is 1. The van der Waals surface area contributed by atoms with Crippen LogP contribution in [0.25, 0.3) is 22.0 Å². The van der Waals surface area contributed by atoms with Gasteiger partial charge in [0.05, 0.1) is 29.5 Å². The number of aromatic nitrogens is 1. The molecule has 3 aromatic carbocycles. The summed E-state index contributed by atoms with van der Waals surface area (Å²) >= 11 is 0. The molecule has 0 saturated carbocycles. The van der Waals surface area contributed by atoms with Crippen molar-refractivity contribution in [1.82, 2.24) is 4.98 Å². The quantitative estimate of drug-likeness (QED) is 0.379. The van der Waals surface area contributed by atoms with E-state index < -0.39 is 5.97 Å². The van der Waals surface area contributed by atoms with Gasteiger partial charge in [0.15, 0.2) is 0 Å². The van der Waals surface area contributed by atoms with Gasteiger partial charge in [-0.15, -0.1) is 0 Å². The number of nitrogens with zero attached hydrogens (tertiary/aromatic N) is 2. The van der Waals surface area contributed by atoms with Crippen LogP contribution in [0.5, 0.6) is 11.5 Å². The highest BCUT2D eigenvalue weighted by molar-refractivity contribution is 6.27. The van der Waals surface area contributed by atoms with E-state index in [1.165, 1.54) is 7.11 Å². The van der Waals surface area contributed by atoms with E-state index in [0.29, 0.717) is 29.2 Å². The van der Waals surface area contributed by atoms with Crippen molar-refractivity contribution in [3.8, 4) is 17.6 Å². The molecule has 166 valence electrons. The van der Waals surface area contributed by atoms with E-state index in [0.717, 1.165) is 33.3 Å². The van der Waals surface area contributed by atoms with Crippen LogP contribution in [-0.2, 0) is 16.1 Å². The molecule has 0 amide bonds. The number of esters is 1. The lowest BCUT2D eigenvalue weighted by Crippen LogP contribution is -2.00. The van der Waals surface area contributed by atoms with Gasteiger partial charge in [0.25, 0.3) is 0 Å². The Balaban J connectivity index is 1.38. The number of nitriles is 1. The molecular formula is C28H20N2O4. The Labute approximate surface area is 196 Å². The summed E-state index contributed by atoms with van der Waals surface area (Å²) in [5, 5.41) is 10.5. The third-order valence-corrected chi connectivity index (χ3v) is 5.71. The lowest BCUT2D eigenvalue weighted by molar-refractivity contribution is -0.133. The number of ether oxygens (including phenoxy) is 3. The van der Waals surface area contributed by atoms with Gasteiger partial charge < -0.3 is 14.2 Å². The molecule has 0 aliphatic carbocycles. The van der Waals surface area contributed by atoms with E-state index >= 15 is 0 Å². The maximum Gasteiger partial charge on any atom is 0.339 e. The van der Waals surface area contributed by atoms with Gasteiger partial charge in [-0.3, -0.25) is 0 Å². The predicted molar refractivity (Wildman–Crippen MR) is 128 cm³/mol. The summed E-state index contributed by atoms with van der Waals surface area (Å²) in [6, 6.07) is 26.6.